The smallest absolute Gasteiger partial charge is 0.151 e. The maximum absolute atomic E-state index is 11.3. The van der Waals surface area contributed by atoms with Gasteiger partial charge in [-0.2, -0.15) is 0 Å². The lowest BCUT2D eigenvalue weighted by Gasteiger charge is -1.99. The molecule has 0 aliphatic heterocycles. The number of aryl methyl sites for hydroxylation is 1. The molecule has 0 fully saturated rings. The minimum Gasteiger partial charge on any atom is -0.350 e. The summed E-state index contributed by atoms with van der Waals surface area (Å²) in [5.74, 6) is 0.0763. The molecule has 3 nitrogen and oxygen atoms in total. The highest BCUT2D eigenvalue weighted by molar-refractivity contribution is 9.10. The van der Waals surface area contributed by atoms with Crippen LogP contribution in [0.25, 0.3) is 10.9 Å². The monoisotopic (exact) mass is 301 g/mol. The first-order valence-electron chi connectivity index (χ1n) is 4.78. The van der Waals surface area contributed by atoms with Crippen molar-refractivity contribution < 1.29 is 8.42 Å². The quantitative estimate of drug-likeness (QED) is 0.855. The Labute approximate surface area is 103 Å². The van der Waals surface area contributed by atoms with Crippen molar-refractivity contribution in [3.05, 3.63) is 34.4 Å². The number of rotatable bonds is 2. The molecule has 0 aliphatic carbocycles. The van der Waals surface area contributed by atoms with Crippen molar-refractivity contribution in [1.29, 1.82) is 0 Å². The highest BCUT2D eigenvalue weighted by Crippen LogP contribution is 2.29. The van der Waals surface area contributed by atoms with E-state index in [0.29, 0.717) is 0 Å². The van der Waals surface area contributed by atoms with Gasteiger partial charge in [-0.25, -0.2) is 8.42 Å². The summed E-state index contributed by atoms with van der Waals surface area (Å²) in [5, 5.41) is 0.982. The Balaban J connectivity index is 2.71. The molecule has 0 radical (unpaired) electrons. The first-order valence-corrected chi connectivity index (χ1v) is 7.64. The van der Waals surface area contributed by atoms with Crippen LogP contribution in [-0.2, 0) is 22.6 Å². The molecule has 0 saturated carbocycles. The highest BCUT2D eigenvalue weighted by atomic mass is 79.9. The highest BCUT2D eigenvalue weighted by Gasteiger charge is 2.13. The molecule has 86 valence electrons. The van der Waals surface area contributed by atoms with Gasteiger partial charge in [0.25, 0.3) is 0 Å². The molecule has 1 aromatic heterocycles. The number of fused-ring (bicyclic) bond motifs is 1. The molecule has 2 rings (SSSR count). The van der Waals surface area contributed by atoms with Crippen molar-refractivity contribution in [3.63, 3.8) is 0 Å². The first-order chi connectivity index (χ1) is 7.38. The Morgan fingerprint density at radius 1 is 1.38 bits per heavy atom. The molecule has 0 spiro atoms. The lowest BCUT2D eigenvalue weighted by Crippen LogP contribution is -2.00. The van der Waals surface area contributed by atoms with E-state index in [1.54, 1.807) is 0 Å². The van der Waals surface area contributed by atoms with Gasteiger partial charge >= 0.3 is 0 Å². The molecule has 0 amide bonds. The summed E-state index contributed by atoms with van der Waals surface area (Å²) in [4.78, 5) is 0. The van der Waals surface area contributed by atoms with Crippen LogP contribution in [0.2, 0.25) is 0 Å². The minimum atomic E-state index is -3.01. The SMILES string of the molecule is Cn1cc(CS(C)(=O)=O)c2c(Br)cccc21. The fraction of sp³-hybridized carbons (Fsp3) is 0.273. The predicted molar refractivity (Wildman–Crippen MR) is 69.2 cm³/mol. The standard InChI is InChI=1S/C11H12BrNO2S/c1-13-6-8(7-16(2,14)15)11-9(12)4-3-5-10(11)13/h3-6H,7H2,1-2H3. The maximum atomic E-state index is 11.3. The van der Waals surface area contributed by atoms with Crippen LogP contribution in [0.1, 0.15) is 5.56 Å². The van der Waals surface area contributed by atoms with Gasteiger partial charge in [-0.3, -0.25) is 0 Å². The first kappa shape index (κ1) is 11.7. The number of aromatic nitrogens is 1. The van der Waals surface area contributed by atoms with Crippen LogP contribution in [-0.4, -0.2) is 19.2 Å². The third kappa shape index (κ3) is 2.15. The summed E-state index contributed by atoms with van der Waals surface area (Å²) in [6.07, 6.45) is 3.12. The number of nitrogens with zero attached hydrogens (tertiary/aromatic N) is 1. The zero-order valence-corrected chi connectivity index (χ0v) is 11.5. The fourth-order valence-corrected chi connectivity index (χ4v) is 3.28. The van der Waals surface area contributed by atoms with E-state index in [9.17, 15) is 8.42 Å². The summed E-state index contributed by atoms with van der Waals surface area (Å²) in [5.41, 5.74) is 1.88. The van der Waals surface area contributed by atoms with Crippen LogP contribution in [0, 0.1) is 0 Å². The van der Waals surface area contributed by atoms with Gasteiger partial charge in [0, 0.05) is 34.9 Å². The van der Waals surface area contributed by atoms with E-state index in [-0.39, 0.29) is 5.75 Å². The minimum absolute atomic E-state index is 0.0763. The number of hydrogen-bond donors (Lipinski definition) is 0. The van der Waals surface area contributed by atoms with E-state index in [1.807, 2.05) is 36.0 Å². The van der Waals surface area contributed by atoms with Crippen LogP contribution < -0.4 is 0 Å². The maximum Gasteiger partial charge on any atom is 0.151 e. The van der Waals surface area contributed by atoms with E-state index in [4.69, 9.17) is 0 Å². The molecule has 2 aromatic rings. The van der Waals surface area contributed by atoms with Gasteiger partial charge in [0.2, 0.25) is 0 Å². The van der Waals surface area contributed by atoms with Crippen molar-refractivity contribution >= 4 is 36.7 Å². The lowest BCUT2D eigenvalue weighted by atomic mass is 10.2. The lowest BCUT2D eigenvalue weighted by molar-refractivity contribution is 0.601. The largest absolute Gasteiger partial charge is 0.350 e. The van der Waals surface area contributed by atoms with E-state index < -0.39 is 9.84 Å². The molecule has 0 aliphatic rings. The van der Waals surface area contributed by atoms with Crippen molar-refractivity contribution in [2.75, 3.05) is 6.26 Å². The zero-order chi connectivity index (χ0) is 11.9. The summed E-state index contributed by atoms with van der Waals surface area (Å²) >= 11 is 3.46. The third-order valence-corrected chi connectivity index (χ3v) is 3.96. The van der Waals surface area contributed by atoms with Gasteiger partial charge < -0.3 is 4.57 Å². The molecule has 1 aromatic carbocycles. The zero-order valence-electron chi connectivity index (χ0n) is 9.07. The summed E-state index contributed by atoms with van der Waals surface area (Å²) < 4.78 is 25.6. The van der Waals surface area contributed by atoms with Crippen LogP contribution in [0.3, 0.4) is 0 Å². The normalized spacial score (nSPS) is 12.2. The molecule has 16 heavy (non-hydrogen) atoms. The number of sulfone groups is 1. The predicted octanol–water partition coefficient (Wildman–Crippen LogP) is 2.49. The second-order valence-corrected chi connectivity index (χ2v) is 6.96. The van der Waals surface area contributed by atoms with Crippen LogP contribution >= 0.6 is 15.9 Å². The van der Waals surface area contributed by atoms with Crippen LogP contribution in [0.5, 0.6) is 0 Å². The van der Waals surface area contributed by atoms with Crippen LogP contribution in [0.4, 0.5) is 0 Å². The molecular formula is C11H12BrNO2S. The van der Waals surface area contributed by atoms with Crippen molar-refractivity contribution in [2.24, 2.45) is 7.05 Å². The van der Waals surface area contributed by atoms with E-state index >= 15 is 0 Å². The van der Waals surface area contributed by atoms with Gasteiger partial charge in [0.15, 0.2) is 9.84 Å². The summed E-state index contributed by atoms with van der Waals surface area (Å²) in [6.45, 7) is 0. The molecule has 0 saturated heterocycles. The Bertz CT molecular complexity index is 643. The van der Waals surface area contributed by atoms with E-state index in [0.717, 1.165) is 20.9 Å². The van der Waals surface area contributed by atoms with Crippen LogP contribution in [0.15, 0.2) is 28.9 Å². The molecule has 0 unspecified atom stereocenters. The van der Waals surface area contributed by atoms with Crippen molar-refractivity contribution in [3.8, 4) is 0 Å². The molecule has 0 atom stereocenters. The number of hydrogen-bond acceptors (Lipinski definition) is 2. The van der Waals surface area contributed by atoms with Gasteiger partial charge in [-0.05, 0) is 17.7 Å². The Kier molecular flexibility index (Phi) is 2.84. The van der Waals surface area contributed by atoms with Gasteiger partial charge in [-0.15, -0.1) is 0 Å². The summed E-state index contributed by atoms with van der Waals surface area (Å²) in [6, 6.07) is 5.84. The third-order valence-electron chi connectivity index (χ3n) is 2.46. The average Bonchev–Trinajstić information content (AvgIpc) is 2.42. The van der Waals surface area contributed by atoms with Crippen molar-refractivity contribution in [2.45, 2.75) is 5.75 Å². The molecular weight excluding hydrogens is 290 g/mol. The molecule has 1 heterocycles. The second-order valence-electron chi connectivity index (χ2n) is 3.97. The van der Waals surface area contributed by atoms with Gasteiger partial charge in [0.1, 0.15) is 0 Å². The van der Waals surface area contributed by atoms with E-state index in [2.05, 4.69) is 15.9 Å². The fourth-order valence-electron chi connectivity index (χ4n) is 1.88. The number of benzene rings is 1. The molecule has 5 heteroatoms. The summed E-state index contributed by atoms with van der Waals surface area (Å²) in [7, 11) is -1.09. The number of halogens is 1. The van der Waals surface area contributed by atoms with Gasteiger partial charge in [0.05, 0.1) is 5.75 Å². The van der Waals surface area contributed by atoms with E-state index in [1.165, 1.54) is 6.26 Å². The Morgan fingerprint density at radius 3 is 2.69 bits per heavy atom. The second kappa shape index (κ2) is 3.89. The molecule has 0 bridgehead atoms. The average molecular weight is 302 g/mol. The van der Waals surface area contributed by atoms with Gasteiger partial charge in [-0.1, -0.05) is 22.0 Å². The topological polar surface area (TPSA) is 39.1 Å². The van der Waals surface area contributed by atoms with Crippen molar-refractivity contribution in [1.82, 2.24) is 4.57 Å². The molecule has 0 N–H and O–H groups in total. The Morgan fingerprint density at radius 2 is 2.06 bits per heavy atom. The Hall–Kier alpha value is -0.810.